The van der Waals surface area contributed by atoms with Crippen molar-refractivity contribution in [3.63, 3.8) is 0 Å². The predicted octanol–water partition coefficient (Wildman–Crippen LogP) is 1.44. The number of amides is 1. The Balaban J connectivity index is 2.43. The monoisotopic (exact) mass is 221 g/mol. The molecule has 1 heterocycles. The van der Waals surface area contributed by atoms with Gasteiger partial charge in [-0.2, -0.15) is 5.06 Å². The van der Waals surface area contributed by atoms with E-state index < -0.39 is 17.7 Å². The minimum Gasteiger partial charge on any atom is -0.411 e. The zero-order valence-corrected chi connectivity index (χ0v) is 8.97. The zero-order valence-electron chi connectivity index (χ0n) is 8.97. The van der Waals surface area contributed by atoms with Gasteiger partial charge < -0.3 is 9.57 Å². The number of likely N-dealkylation sites (N-methyl/N-ethyl adjacent to an activating group) is 1. The molecule has 1 amide bonds. The highest BCUT2D eigenvalue weighted by molar-refractivity contribution is 5.89. The zero-order chi connectivity index (χ0) is 11.8. The van der Waals surface area contributed by atoms with Gasteiger partial charge >= 0.3 is 12.1 Å². The number of carbonyl (C=O) groups excluding carboxylic acids is 2. The van der Waals surface area contributed by atoms with Gasteiger partial charge in [-0.1, -0.05) is 30.3 Å². The Bertz CT molecular complexity index is 431. The fourth-order valence-corrected chi connectivity index (χ4v) is 1.62. The molecule has 16 heavy (non-hydrogen) atoms. The highest BCUT2D eigenvalue weighted by atomic mass is 16.8. The standard InChI is InChI=1S/C11H11NO4/c1-11(8-6-4-3-5-7-8)9(13)12(2)16-10(14)15-11/h3-7H,1-2H3. The van der Waals surface area contributed by atoms with Crippen molar-refractivity contribution in [2.24, 2.45) is 0 Å². The molecule has 0 N–H and O–H groups in total. The van der Waals surface area contributed by atoms with E-state index in [0.29, 0.717) is 5.56 Å². The number of ether oxygens (including phenoxy) is 1. The fourth-order valence-electron chi connectivity index (χ4n) is 1.62. The van der Waals surface area contributed by atoms with Gasteiger partial charge in [0.05, 0.1) is 0 Å². The Labute approximate surface area is 92.5 Å². The first kappa shape index (κ1) is 10.5. The van der Waals surface area contributed by atoms with Gasteiger partial charge in [-0.05, 0) is 6.92 Å². The number of rotatable bonds is 1. The number of carbonyl (C=O) groups is 2. The molecule has 84 valence electrons. The minimum atomic E-state index is -1.31. The molecule has 0 aromatic heterocycles. The number of hydrogen-bond acceptors (Lipinski definition) is 4. The van der Waals surface area contributed by atoms with E-state index in [1.165, 1.54) is 7.05 Å². The maximum Gasteiger partial charge on any atom is 0.534 e. The molecule has 5 nitrogen and oxygen atoms in total. The molecule has 1 aromatic rings. The lowest BCUT2D eigenvalue weighted by atomic mass is 9.94. The largest absolute Gasteiger partial charge is 0.534 e. The summed E-state index contributed by atoms with van der Waals surface area (Å²) >= 11 is 0. The lowest BCUT2D eigenvalue weighted by molar-refractivity contribution is -0.213. The summed E-state index contributed by atoms with van der Waals surface area (Å²) in [4.78, 5) is 27.6. The van der Waals surface area contributed by atoms with E-state index in [-0.39, 0.29) is 0 Å². The first-order valence-corrected chi connectivity index (χ1v) is 4.78. The van der Waals surface area contributed by atoms with E-state index >= 15 is 0 Å². The maximum absolute atomic E-state index is 11.9. The molecule has 1 saturated heterocycles. The second-order valence-electron chi connectivity index (χ2n) is 3.65. The van der Waals surface area contributed by atoms with Crippen LogP contribution in [0.1, 0.15) is 12.5 Å². The number of hydrogen-bond donors (Lipinski definition) is 0. The third-order valence-electron chi connectivity index (χ3n) is 2.52. The van der Waals surface area contributed by atoms with E-state index in [9.17, 15) is 9.59 Å². The van der Waals surface area contributed by atoms with Crippen molar-refractivity contribution in [1.29, 1.82) is 0 Å². The van der Waals surface area contributed by atoms with Crippen molar-refractivity contribution >= 4 is 12.1 Å². The van der Waals surface area contributed by atoms with Crippen LogP contribution in [0.4, 0.5) is 4.79 Å². The van der Waals surface area contributed by atoms with E-state index in [0.717, 1.165) is 5.06 Å². The molecule has 0 spiro atoms. The summed E-state index contributed by atoms with van der Waals surface area (Å²) in [5.41, 5.74) is -0.700. The van der Waals surface area contributed by atoms with E-state index in [1.54, 1.807) is 31.2 Å². The molecule has 0 saturated carbocycles. The van der Waals surface area contributed by atoms with Crippen molar-refractivity contribution in [3.05, 3.63) is 35.9 Å². The Morgan fingerprint density at radius 1 is 1.19 bits per heavy atom. The molecule has 2 rings (SSSR count). The van der Waals surface area contributed by atoms with Crippen LogP contribution in [-0.4, -0.2) is 24.2 Å². The summed E-state index contributed by atoms with van der Waals surface area (Å²) < 4.78 is 4.99. The summed E-state index contributed by atoms with van der Waals surface area (Å²) in [6.45, 7) is 1.54. The Hall–Kier alpha value is -2.04. The molecule has 1 fully saturated rings. The fraction of sp³-hybridized carbons (Fsp3) is 0.273. The summed E-state index contributed by atoms with van der Waals surface area (Å²) in [7, 11) is 1.38. The molecule has 1 atom stereocenters. The molecule has 1 aromatic carbocycles. The van der Waals surface area contributed by atoms with Gasteiger partial charge in [0.2, 0.25) is 5.60 Å². The van der Waals surface area contributed by atoms with E-state index in [4.69, 9.17) is 4.74 Å². The lowest BCUT2D eigenvalue weighted by Gasteiger charge is -2.35. The summed E-state index contributed by atoms with van der Waals surface area (Å²) in [5.74, 6) is -0.418. The minimum absolute atomic E-state index is 0.418. The van der Waals surface area contributed by atoms with Crippen LogP contribution < -0.4 is 0 Å². The average molecular weight is 221 g/mol. The molecular formula is C11H11NO4. The Morgan fingerprint density at radius 3 is 2.44 bits per heavy atom. The van der Waals surface area contributed by atoms with Gasteiger partial charge in [0.25, 0.3) is 0 Å². The number of cyclic esters (lactones) is 1. The molecule has 1 aliphatic heterocycles. The van der Waals surface area contributed by atoms with Gasteiger partial charge in [0.15, 0.2) is 0 Å². The van der Waals surface area contributed by atoms with Crippen molar-refractivity contribution in [3.8, 4) is 0 Å². The first-order chi connectivity index (χ1) is 7.54. The van der Waals surface area contributed by atoms with Crippen molar-refractivity contribution < 1.29 is 19.2 Å². The Morgan fingerprint density at radius 2 is 1.81 bits per heavy atom. The topological polar surface area (TPSA) is 55.8 Å². The second-order valence-corrected chi connectivity index (χ2v) is 3.65. The molecule has 0 radical (unpaired) electrons. The van der Waals surface area contributed by atoms with Crippen LogP contribution in [0.15, 0.2) is 30.3 Å². The normalized spacial score (nSPS) is 25.0. The van der Waals surface area contributed by atoms with Gasteiger partial charge in [-0.15, -0.1) is 0 Å². The Kier molecular flexibility index (Phi) is 2.30. The van der Waals surface area contributed by atoms with Crippen LogP contribution in [0.25, 0.3) is 0 Å². The number of nitrogens with zero attached hydrogens (tertiary/aromatic N) is 1. The molecule has 0 bridgehead atoms. The van der Waals surface area contributed by atoms with Crippen LogP contribution in [-0.2, 0) is 20.0 Å². The number of benzene rings is 1. The lowest BCUT2D eigenvalue weighted by Crippen LogP contribution is -2.52. The van der Waals surface area contributed by atoms with Gasteiger partial charge in [-0.25, -0.2) is 4.79 Å². The molecule has 1 aliphatic rings. The van der Waals surface area contributed by atoms with Gasteiger partial charge in [0.1, 0.15) is 0 Å². The highest BCUT2D eigenvalue weighted by Crippen LogP contribution is 2.31. The van der Waals surface area contributed by atoms with Crippen LogP contribution in [0.2, 0.25) is 0 Å². The first-order valence-electron chi connectivity index (χ1n) is 4.78. The van der Waals surface area contributed by atoms with Crippen LogP contribution in [0.5, 0.6) is 0 Å². The van der Waals surface area contributed by atoms with Crippen molar-refractivity contribution in [2.75, 3.05) is 7.05 Å². The smallest absolute Gasteiger partial charge is 0.411 e. The quantitative estimate of drug-likeness (QED) is 0.673. The summed E-state index contributed by atoms with van der Waals surface area (Å²) in [5, 5.41) is 0.888. The predicted molar refractivity (Wildman–Crippen MR) is 54.1 cm³/mol. The van der Waals surface area contributed by atoms with Crippen LogP contribution >= 0.6 is 0 Å². The summed E-state index contributed by atoms with van der Waals surface area (Å²) in [6, 6.07) is 8.82. The maximum atomic E-state index is 11.9. The molecule has 5 heteroatoms. The SMILES string of the molecule is CN1OC(=O)OC(C)(c2ccccc2)C1=O. The summed E-state index contributed by atoms with van der Waals surface area (Å²) in [6.07, 6.45) is -0.881. The average Bonchev–Trinajstić information content (AvgIpc) is 2.27. The second kappa shape index (κ2) is 3.52. The molecule has 0 aliphatic carbocycles. The van der Waals surface area contributed by atoms with Crippen molar-refractivity contribution in [1.82, 2.24) is 5.06 Å². The van der Waals surface area contributed by atoms with Crippen molar-refractivity contribution in [2.45, 2.75) is 12.5 Å². The third kappa shape index (κ3) is 1.50. The van der Waals surface area contributed by atoms with E-state index in [2.05, 4.69) is 4.84 Å². The third-order valence-corrected chi connectivity index (χ3v) is 2.52. The van der Waals surface area contributed by atoms with Crippen LogP contribution in [0, 0.1) is 0 Å². The van der Waals surface area contributed by atoms with E-state index in [1.807, 2.05) is 6.07 Å². The highest BCUT2D eigenvalue weighted by Gasteiger charge is 2.47. The number of hydroxylamine groups is 2. The molecular weight excluding hydrogens is 210 g/mol. The van der Waals surface area contributed by atoms with Crippen LogP contribution in [0.3, 0.4) is 0 Å². The molecule has 1 unspecified atom stereocenters. The van der Waals surface area contributed by atoms with Gasteiger partial charge in [-0.3, -0.25) is 4.79 Å². The van der Waals surface area contributed by atoms with Gasteiger partial charge in [0, 0.05) is 12.6 Å².